The molecule has 1 N–H and O–H groups in total. The highest BCUT2D eigenvalue weighted by Gasteiger charge is 2.26. The topological polar surface area (TPSA) is 74.7 Å². The smallest absolute Gasteiger partial charge is 0.335 e. The molecule has 0 saturated carbocycles. The number of carboxylic acid groups (broad SMARTS) is 1. The fourth-order valence-electron chi connectivity index (χ4n) is 2.02. The lowest BCUT2D eigenvalue weighted by molar-refractivity contribution is 0.0696. The van der Waals surface area contributed by atoms with Gasteiger partial charge in [-0.25, -0.2) is 22.0 Å². The summed E-state index contributed by atoms with van der Waals surface area (Å²) in [6.07, 6.45) is 0. The molecule has 0 bridgehead atoms. The molecule has 0 aliphatic carbocycles. The van der Waals surface area contributed by atoms with Crippen LogP contribution in [-0.2, 0) is 10.0 Å². The van der Waals surface area contributed by atoms with E-state index >= 15 is 0 Å². The fourth-order valence-corrected chi connectivity index (χ4v) is 3.46. The quantitative estimate of drug-likeness (QED) is 0.928. The van der Waals surface area contributed by atoms with Gasteiger partial charge in [-0.1, -0.05) is 6.07 Å². The highest BCUT2D eigenvalue weighted by molar-refractivity contribution is 7.92. The number of aromatic carboxylic acids is 1. The Hall–Kier alpha value is -2.48. The number of benzene rings is 2. The van der Waals surface area contributed by atoms with Crippen molar-refractivity contribution in [3.05, 3.63) is 59.2 Å². The SMILES string of the molecule is Cc1ccc(C(=O)O)cc1S(=O)(=O)N(C)c1cc(F)ccc1F. The highest BCUT2D eigenvalue weighted by Crippen LogP contribution is 2.27. The van der Waals surface area contributed by atoms with Gasteiger partial charge in [-0.05, 0) is 36.8 Å². The zero-order valence-electron chi connectivity index (χ0n) is 12.2. The normalized spacial score (nSPS) is 11.3. The number of anilines is 1. The van der Waals surface area contributed by atoms with E-state index < -0.39 is 33.3 Å². The first kappa shape index (κ1) is 16.9. The Bertz CT molecular complexity index is 881. The van der Waals surface area contributed by atoms with Crippen LogP contribution in [0.15, 0.2) is 41.3 Å². The number of carbonyl (C=O) groups is 1. The minimum absolute atomic E-state index is 0.220. The summed E-state index contributed by atoms with van der Waals surface area (Å²) < 4.78 is 52.9. The first-order valence-electron chi connectivity index (χ1n) is 6.42. The van der Waals surface area contributed by atoms with Crippen molar-refractivity contribution in [2.75, 3.05) is 11.4 Å². The standard InChI is InChI=1S/C15H13F2NO4S/c1-9-3-4-10(15(19)20)7-14(9)23(21,22)18(2)13-8-11(16)5-6-12(13)17/h3-8H,1-2H3,(H,19,20). The summed E-state index contributed by atoms with van der Waals surface area (Å²) >= 11 is 0. The summed E-state index contributed by atoms with van der Waals surface area (Å²) in [4.78, 5) is 10.7. The number of rotatable bonds is 4. The third-order valence-corrected chi connectivity index (χ3v) is 5.23. The Morgan fingerprint density at radius 1 is 1.13 bits per heavy atom. The minimum atomic E-state index is -4.25. The molecular weight excluding hydrogens is 328 g/mol. The molecule has 122 valence electrons. The summed E-state index contributed by atoms with van der Waals surface area (Å²) in [7, 11) is -3.19. The number of hydrogen-bond donors (Lipinski definition) is 1. The van der Waals surface area contributed by atoms with Crippen molar-refractivity contribution < 1.29 is 27.1 Å². The van der Waals surface area contributed by atoms with Gasteiger partial charge in [0.25, 0.3) is 10.0 Å². The van der Waals surface area contributed by atoms with E-state index in [2.05, 4.69) is 0 Å². The van der Waals surface area contributed by atoms with Crippen LogP contribution in [0.25, 0.3) is 0 Å². The first-order valence-corrected chi connectivity index (χ1v) is 7.86. The van der Waals surface area contributed by atoms with E-state index in [1.54, 1.807) is 0 Å². The van der Waals surface area contributed by atoms with Crippen LogP contribution in [0.3, 0.4) is 0 Å². The van der Waals surface area contributed by atoms with Crippen molar-refractivity contribution in [1.82, 2.24) is 0 Å². The van der Waals surface area contributed by atoms with Crippen LogP contribution in [-0.4, -0.2) is 26.5 Å². The fraction of sp³-hybridized carbons (Fsp3) is 0.133. The van der Waals surface area contributed by atoms with Gasteiger partial charge < -0.3 is 5.11 Å². The second kappa shape index (κ2) is 5.96. The maximum absolute atomic E-state index is 13.8. The number of aryl methyl sites for hydroxylation is 1. The predicted molar refractivity (Wildman–Crippen MR) is 80.1 cm³/mol. The van der Waals surface area contributed by atoms with E-state index in [9.17, 15) is 22.0 Å². The molecule has 0 amide bonds. The van der Waals surface area contributed by atoms with Gasteiger partial charge in [0.05, 0.1) is 16.1 Å². The van der Waals surface area contributed by atoms with Crippen LogP contribution >= 0.6 is 0 Å². The number of nitrogens with zero attached hydrogens (tertiary/aromatic N) is 1. The van der Waals surface area contributed by atoms with E-state index in [4.69, 9.17) is 5.11 Å². The zero-order valence-corrected chi connectivity index (χ0v) is 13.1. The molecule has 0 unspecified atom stereocenters. The third-order valence-electron chi connectivity index (χ3n) is 3.32. The summed E-state index contributed by atoms with van der Waals surface area (Å²) in [5, 5.41) is 8.98. The predicted octanol–water partition coefficient (Wildman–Crippen LogP) is 2.80. The van der Waals surface area contributed by atoms with E-state index in [-0.39, 0.29) is 10.5 Å². The van der Waals surface area contributed by atoms with Crippen molar-refractivity contribution in [3.63, 3.8) is 0 Å². The maximum atomic E-state index is 13.8. The Kier molecular flexibility index (Phi) is 4.37. The highest BCUT2D eigenvalue weighted by atomic mass is 32.2. The molecule has 8 heteroatoms. The molecule has 0 atom stereocenters. The molecule has 0 aliphatic heterocycles. The average Bonchev–Trinajstić information content (AvgIpc) is 2.49. The molecule has 0 aliphatic rings. The zero-order chi connectivity index (χ0) is 17.4. The molecule has 2 rings (SSSR count). The number of sulfonamides is 1. The summed E-state index contributed by atoms with van der Waals surface area (Å²) in [6.45, 7) is 1.48. The van der Waals surface area contributed by atoms with E-state index in [0.717, 1.165) is 31.3 Å². The second-order valence-electron chi connectivity index (χ2n) is 4.85. The molecule has 0 radical (unpaired) electrons. The first-order chi connectivity index (χ1) is 10.6. The van der Waals surface area contributed by atoms with Gasteiger partial charge in [-0.2, -0.15) is 0 Å². The van der Waals surface area contributed by atoms with Gasteiger partial charge in [0.1, 0.15) is 11.6 Å². The molecule has 0 fully saturated rings. The summed E-state index contributed by atoms with van der Waals surface area (Å²) in [6, 6.07) is 6.03. The van der Waals surface area contributed by atoms with Crippen LogP contribution in [0, 0.1) is 18.6 Å². The molecule has 0 saturated heterocycles. The molecule has 5 nitrogen and oxygen atoms in total. The van der Waals surface area contributed by atoms with Crippen molar-refractivity contribution >= 4 is 21.7 Å². The second-order valence-corrected chi connectivity index (χ2v) is 6.79. The van der Waals surface area contributed by atoms with E-state index in [1.807, 2.05) is 0 Å². The molecule has 0 aromatic heterocycles. The van der Waals surface area contributed by atoms with Crippen molar-refractivity contribution in [3.8, 4) is 0 Å². The minimum Gasteiger partial charge on any atom is -0.478 e. The average molecular weight is 341 g/mol. The number of carboxylic acids is 1. The lowest BCUT2D eigenvalue weighted by Gasteiger charge is -2.21. The number of hydrogen-bond acceptors (Lipinski definition) is 3. The van der Waals surface area contributed by atoms with Crippen LogP contribution < -0.4 is 4.31 Å². The van der Waals surface area contributed by atoms with Crippen LogP contribution in [0.1, 0.15) is 15.9 Å². The summed E-state index contributed by atoms with van der Waals surface area (Å²) in [5.74, 6) is -3.00. The third kappa shape index (κ3) is 3.16. The Morgan fingerprint density at radius 2 is 1.78 bits per heavy atom. The Labute approximate surface area is 131 Å². The van der Waals surface area contributed by atoms with Crippen molar-refractivity contribution in [2.24, 2.45) is 0 Å². The van der Waals surface area contributed by atoms with Crippen LogP contribution in [0.5, 0.6) is 0 Å². The van der Waals surface area contributed by atoms with Gasteiger partial charge in [-0.3, -0.25) is 4.31 Å². The molecule has 23 heavy (non-hydrogen) atoms. The lowest BCUT2D eigenvalue weighted by Crippen LogP contribution is -2.28. The lowest BCUT2D eigenvalue weighted by atomic mass is 10.1. The van der Waals surface area contributed by atoms with Crippen LogP contribution in [0.4, 0.5) is 14.5 Å². The Balaban J connectivity index is 2.60. The van der Waals surface area contributed by atoms with E-state index in [1.165, 1.54) is 19.1 Å². The molecule has 2 aromatic carbocycles. The van der Waals surface area contributed by atoms with Gasteiger partial charge in [0.2, 0.25) is 0 Å². The monoisotopic (exact) mass is 341 g/mol. The molecular formula is C15H13F2NO4S. The Morgan fingerprint density at radius 3 is 2.39 bits per heavy atom. The molecule has 2 aromatic rings. The van der Waals surface area contributed by atoms with Gasteiger partial charge in [0.15, 0.2) is 0 Å². The van der Waals surface area contributed by atoms with Crippen LogP contribution in [0.2, 0.25) is 0 Å². The van der Waals surface area contributed by atoms with Gasteiger partial charge in [-0.15, -0.1) is 0 Å². The maximum Gasteiger partial charge on any atom is 0.335 e. The van der Waals surface area contributed by atoms with Gasteiger partial charge in [0, 0.05) is 13.1 Å². The molecule has 0 heterocycles. The largest absolute Gasteiger partial charge is 0.478 e. The number of halogens is 2. The molecule has 0 spiro atoms. The van der Waals surface area contributed by atoms with Crippen molar-refractivity contribution in [1.29, 1.82) is 0 Å². The van der Waals surface area contributed by atoms with Gasteiger partial charge >= 0.3 is 5.97 Å². The summed E-state index contributed by atoms with van der Waals surface area (Å²) in [5.41, 5.74) is -0.397. The van der Waals surface area contributed by atoms with E-state index in [0.29, 0.717) is 9.87 Å². The van der Waals surface area contributed by atoms with Crippen molar-refractivity contribution in [2.45, 2.75) is 11.8 Å².